The standard InChI is InChI=1S/C23H28FN3O3/c1-26-20-14-27(13-19-18(24)9-6-11-25-19)15-22(20)29-12-5-4-8-17-7-2-3-10-21(17)30-16-23(26)28/h2-3,6-7,9-11,20,22H,4-5,8,12-16H2,1H3/t20-,22+/m0/s1. The van der Waals surface area contributed by atoms with Crippen molar-refractivity contribution < 1.29 is 18.7 Å². The van der Waals surface area contributed by atoms with Crippen LogP contribution in [0.3, 0.4) is 0 Å². The van der Waals surface area contributed by atoms with Crippen LogP contribution >= 0.6 is 0 Å². The average Bonchev–Trinajstić information content (AvgIpc) is 3.15. The van der Waals surface area contributed by atoms with E-state index < -0.39 is 0 Å². The molecule has 160 valence electrons. The number of likely N-dealkylation sites (N-methyl/N-ethyl adjacent to an activating group) is 1. The van der Waals surface area contributed by atoms with E-state index in [0.717, 1.165) is 30.6 Å². The molecule has 0 saturated carbocycles. The van der Waals surface area contributed by atoms with E-state index in [1.54, 1.807) is 24.2 Å². The van der Waals surface area contributed by atoms with Crippen molar-refractivity contribution in [2.45, 2.75) is 38.0 Å². The maximum atomic E-state index is 14.0. The Balaban J connectivity index is 1.47. The van der Waals surface area contributed by atoms with E-state index in [2.05, 4.69) is 9.88 Å². The van der Waals surface area contributed by atoms with Crippen molar-refractivity contribution in [1.29, 1.82) is 0 Å². The van der Waals surface area contributed by atoms with Crippen LogP contribution in [0.4, 0.5) is 4.39 Å². The lowest BCUT2D eigenvalue weighted by Gasteiger charge is -2.29. The van der Waals surface area contributed by atoms with Gasteiger partial charge < -0.3 is 14.4 Å². The number of ether oxygens (including phenoxy) is 2. The summed E-state index contributed by atoms with van der Waals surface area (Å²) in [5, 5.41) is 0. The Morgan fingerprint density at radius 1 is 1.17 bits per heavy atom. The molecule has 3 heterocycles. The van der Waals surface area contributed by atoms with Gasteiger partial charge in [-0.25, -0.2) is 4.39 Å². The monoisotopic (exact) mass is 413 g/mol. The molecule has 1 saturated heterocycles. The molecule has 0 radical (unpaired) electrons. The number of amides is 1. The summed E-state index contributed by atoms with van der Waals surface area (Å²) < 4.78 is 26.1. The van der Waals surface area contributed by atoms with Crippen molar-refractivity contribution in [2.75, 3.05) is 33.4 Å². The van der Waals surface area contributed by atoms with E-state index in [9.17, 15) is 9.18 Å². The molecule has 0 spiro atoms. The first kappa shape index (κ1) is 20.8. The molecular formula is C23H28FN3O3. The molecule has 1 fully saturated rings. The Hall–Kier alpha value is -2.51. The minimum Gasteiger partial charge on any atom is -0.483 e. The second-order valence-corrected chi connectivity index (χ2v) is 7.96. The number of aromatic nitrogens is 1. The SMILES string of the molecule is CN1C(=O)COc2ccccc2CCCCO[C@@H]2CN(Cc3ncccc3F)C[C@@H]21. The van der Waals surface area contributed by atoms with Crippen LogP contribution in [0, 0.1) is 5.82 Å². The zero-order valence-corrected chi connectivity index (χ0v) is 17.3. The molecule has 0 N–H and O–H groups in total. The van der Waals surface area contributed by atoms with Crippen LogP contribution in [-0.4, -0.2) is 66.2 Å². The Kier molecular flexibility index (Phi) is 6.59. The van der Waals surface area contributed by atoms with Crippen molar-refractivity contribution in [3.05, 3.63) is 59.7 Å². The summed E-state index contributed by atoms with van der Waals surface area (Å²) in [6.45, 7) is 2.28. The number of carbonyl (C=O) groups is 1. The predicted molar refractivity (Wildman–Crippen MR) is 111 cm³/mol. The molecule has 6 nitrogen and oxygen atoms in total. The van der Waals surface area contributed by atoms with E-state index in [1.165, 1.54) is 6.07 Å². The minimum atomic E-state index is -0.308. The molecule has 7 heteroatoms. The smallest absolute Gasteiger partial charge is 0.260 e. The van der Waals surface area contributed by atoms with Crippen LogP contribution < -0.4 is 4.74 Å². The minimum absolute atomic E-state index is 0.00833. The molecular weight excluding hydrogens is 385 g/mol. The number of fused-ring (bicyclic) bond motifs is 2. The number of likely N-dealkylation sites (tertiary alicyclic amines) is 1. The number of para-hydroxylation sites is 1. The molecule has 2 atom stereocenters. The predicted octanol–water partition coefficient (Wildman–Crippen LogP) is 2.66. The van der Waals surface area contributed by atoms with Crippen molar-refractivity contribution >= 4 is 5.91 Å². The molecule has 0 unspecified atom stereocenters. The molecule has 0 bridgehead atoms. The Bertz CT molecular complexity index is 878. The number of aryl methyl sites for hydroxylation is 1. The highest BCUT2D eigenvalue weighted by Gasteiger charge is 2.38. The zero-order valence-electron chi connectivity index (χ0n) is 17.3. The molecule has 1 amide bonds. The highest BCUT2D eigenvalue weighted by Crippen LogP contribution is 2.24. The first-order valence-electron chi connectivity index (χ1n) is 10.5. The van der Waals surface area contributed by atoms with Crippen molar-refractivity contribution in [2.24, 2.45) is 0 Å². The molecule has 1 aromatic carbocycles. The van der Waals surface area contributed by atoms with E-state index in [1.807, 2.05) is 24.3 Å². The summed E-state index contributed by atoms with van der Waals surface area (Å²) in [7, 11) is 1.79. The number of hydrogen-bond donors (Lipinski definition) is 0. The fraction of sp³-hybridized carbons (Fsp3) is 0.478. The number of rotatable bonds is 2. The van der Waals surface area contributed by atoms with Gasteiger partial charge in [0.25, 0.3) is 5.91 Å². The van der Waals surface area contributed by atoms with Crippen LogP contribution in [0.5, 0.6) is 5.75 Å². The maximum Gasteiger partial charge on any atom is 0.260 e. The largest absolute Gasteiger partial charge is 0.483 e. The van der Waals surface area contributed by atoms with Gasteiger partial charge in [0.2, 0.25) is 0 Å². The highest BCUT2D eigenvalue weighted by atomic mass is 19.1. The first-order valence-corrected chi connectivity index (χ1v) is 10.5. The number of halogens is 1. The number of benzene rings is 1. The number of pyridine rings is 1. The molecule has 2 aliphatic rings. The van der Waals surface area contributed by atoms with Crippen LogP contribution in [0.1, 0.15) is 24.1 Å². The lowest BCUT2D eigenvalue weighted by atomic mass is 10.1. The third-order valence-electron chi connectivity index (χ3n) is 5.91. The van der Waals surface area contributed by atoms with Gasteiger partial charge in [0.05, 0.1) is 17.8 Å². The molecule has 4 rings (SSSR count). The topological polar surface area (TPSA) is 54.9 Å². The average molecular weight is 413 g/mol. The van der Waals surface area contributed by atoms with Gasteiger partial charge in [-0.3, -0.25) is 14.7 Å². The molecule has 2 aliphatic heterocycles. The van der Waals surface area contributed by atoms with Gasteiger partial charge in [0, 0.05) is 39.5 Å². The number of nitrogens with zero attached hydrogens (tertiary/aromatic N) is 3. The van der Waals surface area contributed by atoms with Crippen molar-refractivity contribution in [3.8, 4) is 5.75 Å². The summed E-state index contributed by atoms with van der Waals surface area (Å²) in [6, 6.07) is 10.8. The Labute approximate surface area is 176 Å². The summed E-state index contributed by atoms with van der Waals surface area (Å²) in [5.74, 6) is 0.375. The van der Waals surface area contributed by atoms with Gasteiger partial charge in [-0.1, -0.05) is 18.2 Å². The highest BCUT2D eigenvalue weighted by molar-refractivity contribution is 5.78. The van der Waals surface area contributed by atoms with Crippen LogP contribution in [0.15, 0.2) is 42.6 Å². The lowest BCUT2D eigenvalue weighted by Crippen LogP contribution is -2.47. The van der Waals surface area contributed by atoms with Gasteiger partial charge in [-0.15, -0.1) is 0 Å². The number of carbonyl (C=O) groups excluding carboxylic acids is 1. The molecule has 30 heavy (non-hydrogen) atoms. The van der Waals surface area contributed by atoms with Gasteiger partial charge in [0.1, 0.15) is 11.6 Å². The van der Waals surface area contributed by atoms with Crippen molar-refractivity contribution in [1.82, 2.24) is 14.8 Å². The fourth-order valence-corrected chi connectivity index (χ4v) is 4.17. The van der Waals surface area contributed by atoms with Gasteiger partial charge in [0.15, 0.2) is 6.61 Å². The summed E-state index contributed by atoms with van der Waals surface area (Å²) >= 11 is 0. The Morgan fingerprint density at radius 2 is 2.03 bits per heavy atom. The Morgan fingerprint density at radius 3 is 2.90 bits per heavy atom. The second kappa shape index (κ2) is 9.53. The first-order chi connectivity index (χ1) is 14.6. The number of hydrogen-bond acceptors (Lipinski definition) is 5. The maximum absolute atomic E-state index is 14.0. The lowest BCUT2D eigenvalue weighted by molar-refractivity contribution is -0.136. The van der Waals surface area contributed by atoms with Gasteiger partial charge in [-0.05, 0) is 43.0 Å². The van der Waals surface area contributed by atoms with Crippen LogP contribution in [-0.2, 0) is 22.5 Å². The third-order valence-corrected chi connectivity index (χ3v) is 5.91. The quantitative estimate of drug-likeness (QED) is 0.758. The summed E-state index contributed by atoms with van der Waals surface area (Å²) in [6.07, 6.45) is 4.30. The van der Waals surface area contributed by atoms with Gasteiger partial charge in [-0.2, -0.15) is 0 Å². The summed E-state index contributed by atoms with van der Waals surface area (Å²) in [5.41, 5.74) is 1.54. The van der Waals surface area contributed by atoms with Crippen LogP contribution in [0.25, 0.3) is 0 Å². The van der Waals surface area contributed by atoms with E-state index in [4.69, 9.17) is 9.47 Å². The summed E-state index contributed by atoms with van der Waals surface area (Å²) in [4.78, 5) is 20.8. The van der Waals surface area contributed by atoms with E-state index >= 15 is 0 Å². The van der Waals surface area contributed by atoms with E-state index in [0.29, 0.717) is 31.9 Å². The van der Waals surface area contributed by atoms with Crippen molar-refractivity contribution in [3.63, 3.8) is 0 Å². The normalized spacial score (nSPS) is 23.5. The third kappa shape index (κ3) is 4.79. The molecule has 1 aromatic heterocycles. The van der Waals surface area contributed by atoms with E-state index in [-0.39, 0.29) is 30.5 Å². The van der Waals surface area contributed by atoms with Crippen LogP contribution in [0.2, 0.25) is 0 Å². The second-order valence-electron chi connectivity index (χ2n) is 7.96. The van der Waals surface area contributed by atoms with Gasteiger partial charge >= 0.3 is 0 Å². The zero-order chi connectivity index (χ0) is 20.9. The molecule has 2 aromatic rings. The fourth-order valence-electron chi connectivity index (χ4n) is 4.17. The molecule has 0 aliphatic carbocycles.